The number of fused-ring (bicyclic) bond motifs is 5. The van der Waals surface area contributed by atoms with Crippen molar-refractivity contribution >= 4 is 11.8 Å². The highest BCUT2D eigenvalue weighted by Gasteiger charge is 2.71. The number of carbonyl (C=O) groups is 2. The topological polar surface area (TPSA) is 46.6 Å². The van der Waals surface area contributed by atoms with Crippen LogP contribution in [0.3, 0.4) is 0 Å². The second-order valence-electron chi connectivity index (χ2n) is 10.0. The van der Waals surface area contributed by atoms with E-state index in [4.69, 9.17) is 4.74 Å². The molecular formula is C19H31NO3. The largest absolute Gasteiger partial charge is 0.373 e. The lowest BCUT2D eigenvalue weighted by atomic mass is 9.55. The zero-order chi connectivity index (χ0) is 17.5. The molecule has 6 atom stereocenters. The van der Waals surface area contributed by atoms with Crippen molar-refractivity contribution in [3.63, 3.8) is 0 Å². The lowest BCUT2D eigenvalue weighted by Gasteiger charge is -2.46. The predicted octanol–water partition coefficient (Wildman–Crippen LogP) is 3.10. The first-order chi connectivity index (χ1) is 10.4. The molecule has 3 aliphatic heterocycles. The van der Waals surface area contributed by atoms with Gasteiger partial charge in [0.25, 0.3) is 0 Å². The molecule has 0 aliphatic carbocycles. The van der Waals surface area contributed by atoms with Gasteiger partial charge in [0.1, 0.15) is 0 Å². The molecule has 3 fully saturated rings. The van der Waals surface area contributed by atoms with Gasteiger partial charge >= 0.3 is 0 Å². The van der Waals surface area contributed by atoms with E-state index in [1.807, 2.05) is 13.8 Å². The molecule has 0 spiro atoms. The van der Waals surface area contributed by atoms with E-state index in [1.54, 1.807) is 0 Å². The predicted molar refractivity (Wildman–Crippen MR) is 88.5 cm³/mol. The second kappa shape index (κ2) is 4.81. The third kappa shape index (κ3) is 2.20. The maximum absolute atomic E-state index is 12.9. The van der Waals surface area contributed by atoms with Gasteiger partial charge in [0, 0.05) is 6.04 Å². The van der Waals surface area contributed by atoms with Crippen LogP contribution in [0.25, 0.3) is 0 Å². The fourth-order valence-electron chi connectivity index (χ4n) is 5.37. The third-order valence-electron chi connectivity index (χ3n) is 6.07. The van der Waals surface area contributed by atoms with Crippen molar-refractivity contribution in [3.05, 3.63) is 0 Å². The Kier molecular flexibility index (Phi) is 3.54. The molecule has 2 bridgehead atoms. The monoisotopic (exact) mass is 321 g/mol. The maximum atomic E-state index is 12.9. The van der Waals surface area contributed by atoms with Crippen LogP contribution in [-0.4, -0.2) is 35.0 Å². The number of imide groups is 1. The number of rotatable bonds is 1. The van der Waals surface area contributed by atoms with Crippen molar-refractivity contribution in [2.24, 2.45) is 34.5 Å². The van der Waals surface area contributed by atoms with Crippen molar-refractivity contribution < 1.29 is 14.3 Å². The van der Waals surface area contributed by atoms with Crippen molar-refractivity contribution in [1.82, 2.24) is 4.90 Å². The van der Waals surface area contributed by atoms with Crippen LogP contribution < -0.4 is 0 Å². The highest BCUT2D eigenvalue weighted by Crippen LogP contribution is 2.62. The number of ether oxygens (including phenoxy) is 1. The first-order valence-electron chi connectivity index (χ1n) is 8.89. The van der Waals surface area contributed by atoms with Crippen molar-refractivity contribution in [2.45, 2.75) is 73.6 Å². The first-order valence-corrected chi connectivity index (χ1v) is 8.89. The minimum Gasteiger partial charge on any atom is -0.373 e. The lowest BCUT2D eigenvalue weighted by Crippen LogP contribution is -2.50. The van der Waals surface area contributed by atoms with Crippen LogP contribution in [0.4, 0.5) is 0 Å². The van der Waals surface area contributed by atoms with Crippen LogP contribution in [0.15, 0.2) is 0 Å². The Morgan fingerprint density at radius 1 is 0.826 bits per heavy atom. The molecule has 3 aliphatic rings. The van der Waals surface area contributed by atoms with E-state index in [0.29, 0.717) is 11.8 Å². The van der Waals surface area contributed by atoms with Gasteiger partial charge in [-0.05, 0) is 36.5 Å². The van der Waals surface area contributed by atoms with Crippen molar-refractivity contribution in [1.29, 1.82) is 0 Å². The number of nitrogens with zero attached hydrogens (tertiary/aromatic N) is 1. The van der Waals surface area contributed by atoms with Gasteiger partial charge in [-0.25, -0.2) is 0 Å². The molecule has 0 radical (unpaired) electrons. The highest BCUT2D eigenvalue weighted by atomic mass is 16.5. The van der Waals surface area contributed by atoms with E-state index in [1.165, 1.54) is 4.90 Å². The first kappa shape index (κ1) is 16.9. The Labute approximate surface area is 139 Å². The number of hydrogen-bond acceptors (Lipinski definition) is 3. The summed E-state index contributed by atoms with van der Waals surface area (Å²) in [6.45, 7) is 17.2. The molecule has 6 unspecified atom stereocenters. The number of likely N-dealkylation sites (tertiary alicyclic amines) is 1. The van der Waals surface area contributed by atoms with Crippen molar-refractivity contribution in [3.8, 4) is 0 Å². The van der Waals surface area contributed by atoms with Crippen LogP contribution in [0.5, 0.6) is 0 Å². The smallest absolute Gasteiger partial charge is 0.236 e. The lowest BCUT2D eigenvalue weighted by molar-refractivity contribution is -0.144. The normalized spacial score (nSPS) is 40.5. The standard InChI is InChI=1S/C19H31NO3/c1-9(2)20-16(21)10-11(17(20)22)15-13(19(6,7)8)12(14(10)23-15)18(3,4)5/h9-15H,1-8H3. The number of carbonyl (C=O) groups excluding carboxylic acids is 2. The van der Waals surface area contributed by atoms with Gasteiger partial charge in [-0.15, -0.1) is 0 Å². The minimum absolute atomic E-state index is 0.0101. The molecule has 3 rings (SSSR count). The van der Waals surface area contributed by atoms with Gasteiger partial charge in [0.05, 0.1) is 24.0 Å². The summed E-state index contributed by atoms with van der Waals surface area (Å²) in [5.74, 6) is 0.0545. The van der Waals surface area contributed by atoms with E-state index in [9.17, 15) is 9.59 Å². The Hall–Kier alpha value is -0.900. The molecule has 4 heteroatoms. The van der Waals surface area contributed by atoms with Gasteiger partial charge in [0.15, 0.2) is 0 Å². The van der Waals surface area contributed by atoms with E-state index < -0.39 is 0 Å². The number of amides is 2. The molecule has 130 valence electrons. The SMILES string of the molecule is CC(C)N1C(=O)C2C3OC(C2C1=O)C(C(C)(C)C)C3C(C)(C)C. The summed E-state index contributed by atoms with van der Waals surface area (Å²) in [4.78, 5) is 27.3. The summed E-state index contributed by atoms with van der Waals surface area (Å²) in [5.41, 5.74) is 0.105. The Bertz CT molecular complexity index is 496. The quantitative estimate of drug-likeness (QED) is 0.697. The summed E-state index contributed by atoms with van der Waals surface area (Å²) in [6, 6.07) is -0.0684. The Morgan fingerprint density at radius 3 is 1.43 bits per heavy atom. The van der Waals surface area contributed by atoms with E-state index >= 15 is 0 Å². The van der Waals surface area contributed by atoms with E-state index in [-0.39, 0.29) is 52.7 Å². The van der Waals surface area contributed by atoms with Gasteiger partial charge in [-0.1, -0.05) is 41.5 Å². The van der Waals surface area contributed by atoms with Crippen LogP contribution >= 0.6 is 0 Å². The minimum atomic E-state index is -0.266. The van der Waals surface area contributed by atoms with Gasteiger partial charge in [-0.3, -0.25) is 14.5 Å². The molecule has 0 N–H and O–H groups in total. The summed E-state index contributed by atoms with van der Waals surface area (Å²) in [7, 11) is 0. The summed E-state index contributed by atoms with van der Waals surface area (Å²) in [6.07, 6.45) is -0.233. The van der Waals surface area contributed by atoms with E-state index in [0.717, 1.165) is 0 Å². The summed E-state index contributed by atoms with van der Waals surface area (Å²) in [5, 5.41) is 0. The molecule has 2 amide bonds. The molecule has 0 saturated carbocycles. The van der Waals surface area contributed by atoms with Crippen LogP contribution in [0, 0.1) is 34.5 Å². The van der Waals surface area contributed by atoms with Gasteiger partial charge < -0.3 is 4.74 Å². The zero-order valence-corrected chi connectivity index (χ0v) is 15.7. The molecule has 4 nitrogen and oxygen atoms in total. The average molecular weight is 321 g/mol. The van der Waals surface area contributed by atoms with Gasteiger partial charge in [-0.2, -0.15) is 0 Å². The molecule has 0 aromatic rings. The molecule has 23 heavy (non-hydrogen) atoms. The third-order valence-corrected chi connectivity index (χ3v) is 6.07. The second-order valence-corrected chi connectivity index (χ2v) is 10.0. The molecular weight excluding hydrogens is 290 g/mol. The summed E-state index contributed by atoms with van der Waals surface area (Å²) < 4.78 is 6.32. The van der Waals surface area contributed by atoms with Crippen molar-refractivity contribution in [2.75, 3.05) is 0 Å². The van der Waals surface area contributed by atoms with Gasteiger partial charge in [0.2, 0.25) is 11.8 Å². The van der Waals surface area contributed by atoms with Crippen LogP contribution in [-0.2, 0) is 14.3 Å². The molecule has 3 heterocycles. The summed E-state index contributed by atoms with van der Waals surface area (Å²) >= 11 is 0. The molecule has 3 saturated heterocycles. The highest BCUT2D eigenvalue weighted by molar-refractivity contribution is 6.06. The fraction of sp³-hybridized carbons (Fsp3) is 0.895. The zero-order valence-electron chi connectivity index (χ0n) is 15.7. The van der Waals surface area contributed by atoms with Crippen LogP contribution in [0.1, 0.15) is 55.4 Å². The Morgan fingerprint density at radius 2 is 1.17 bits per heavy atom. The fourth-order valence-corrected chi connectivity index (χ4v) is 5.37. The molecule has 0 aromatic carbocycles. The Balaban J connectivity index is 2.05. The van der Waals surface area contributed by atoms with Crippen LogP contribution in [0.2, 0.25) is 0 Å². The molecule has 0 aromatic heterocycles. The number of hydrogen-bond donors (Lipinski definition) is 0. The maximum Gasteiger partial charge on any atom is 0.236 e. The van der Waals surface area contributed by atoms with E-state index in [2.05, 4.69) is 41.5 Å². The average Bonchev–Trinajstić information content (AvgIpc) is 2.96.